The molecule has 2 fully saturated rings. The Morgan fingerprint density at radius 3 is 2.59 bits per heavy atom. The second-order valence-corrected chi connectivity index (χ2v) is 11.5. The number of halogens is 3. The highest BCUT2D eigenvalue weighted by molar-refractivity contribution is 8.13. The number of hydrogen-bond donors (Lipinski definition) is 1. The molecule has 0 spiro atoms. The van der Waals surface area contributed by atoms with E-state index in [2.05, 4.69) is 0 Å². The summed E-state index contributed by atoms with van der Waals surface area (Å²) in [6, 6.07) is -1.02. The standard InChI is InChI=1S/C25H31F3O5S/c1-5-20(31)33-25(21(32)34-12-26)13(2)8-15-16-10-18(27)17-9-14(29)6-7-22(17,3)24(16,28)19(30)11-23(15,25)4/h6-7,13,15-16,19,30H,5,8-12H2,1-4H3. The number of fused-ring (bicyclic) bond motifs is 5. The molecule has 0 radical (unpaired) electrons. The number of aliphatic hydroxyl groups excluding tert-OH is 1. The van der Waals surface area contributed by atoms with Gasteiger partial charge in [-0.05, 0) is 49.1 Å². The highest BCUT2D eigenvalue weighted by Crippen LogP contribution is 2.72. The van der Waals surface area contributed by atoms with Gasteiger partial charge >= 0.3 is 5.97 Å². The summed E-state index contributed by atoms with van der Waals surface area (Å²) in [5.41, 5.74) is -6.77. The van der Waals surface area contributed by atoms with Crippen molar-refractivity contribution < 1.29 is 37.4 Å². The third-order valence-corrected chi connectivity index (χ3v) is 9.93. The first-order valence-electron chi connectivity index (χ1n) is 11.8. The van der Waals surface area contributed by atoms with Gasteiger partial charge in [-0.1, -0.05) is 26.8 Å². The summed E-state index contributed by atoms with van der Waals surface area (Å²) in [7, 11) is 0. The maximum Gasteiger partial charge on any atom is 0.306 e. The number of rotatable bonds is 4. The van der Waals surface area contributed by atoms with Gasteiger partial charge in [-0.2, -0.15) is 0 Å². The number of carbonyl (C=O) groups excluding carboxylic acids is 3. The maximum atomic E-state index is 17.2. The number of esters is 1. The smallest absolute Gasteiger partial charge is 0.306 e. The minimum atomic E-state index is -2.29. The lowest BCUT2D eigenvalue weighted by Crippen LogP contribution is -2.69. The Kier molecular flexibility index (Phi) is 6.16. The van der Waals surface area contributed by atoms with Crippen molar-refractivity contribution in [1.82, 2.24) is 0 Å². The van der Waals surface area contributed by atoms with Gasteiger partial charge in [0.2, 0.25) is 5.12 Å². The highest BCUT2D eigenvalue weighted by atomic mass is 32.2. The average Bonchev–Trinajstić information content (AvgIpc) is 2.99. The summed E-state index contributed by atoms with van der Waals surface area (Å²) in [5.74, 6) is -3.79. The van der Waals surface area contributed by atoms with E-state index >= 15 is 8.78 Å². The van der Waals surface area contributed by atoms with Gasteiger partial charge < -0.3 is 9.84 Å². The largest absolute Gasteiger partial charge is 0.449 e. The van der Waals surface area contributed by atoms with Crippen molar-refractivity contribution in [2.45, 2.75) is 77.2 Å². The highest BCUT2D eigenvalue weighted by Gasteiger charge is 2.77. The molecule has 0 aromatic carbocycles. The number of allylic oxidation sites excluding steroid dienone is 4. The Hall–Kier alpha value is -1.61. The molecule has 5 nitrogen and oxygen atoms in total. The van der Waals surface area contributed by atoms with Crippen molar-refractivity contribution in [2.75, 3.05) is 6.01 Å². The normalized spacial score (nSPS) is 45.5. The molecule has 4 rings (SSSR count). The summed E-state index contributed by atoms with van der Waals surface area (Å²) < 4.78 is 51.8. The van der Waals surface area contributed by atoms with Gasteiger partial charge in [-0.3, -0.25) is 14.4 Å². The molecule has 188 valence electrons. The van der Waals surface area contributed by atoms with E-state index in [-0.39, 0.29) is 43.5 Å². The van der Waals surface area contributed by atoms with E-state index in [9.17, 15) is 23.9 Å². The second-order valence-electron chi connectivity index (χ2n) is 10.6. The molecule has 4 aliphatic carbocycles. The van der Waals surface area contributed by atoms with Crippen molar-refractivity contribution in [3.8, 4) is 0 Å². The molecule has 0 heterocycles. The molecule has 0 aromatic rings. The third-order valence-electron chi connectivity index (χ3n) is 9.25. The average molecular weight is 501 g/mol. The predicted octanol–water partition coefficient (Wildman–Crippen LogP) is 4.78. The quantitative estimate of drug-likeness (QED) is 0.560. The summed E-state index contributed by atoms with van der Waals surface area (Å²) >= 11 is 0.396. The summed E-state index contributed by atoms with van der Waals surface area (Å²) in [5, 5.41) is 10.7. The van der Waals surface area contributed by atoms with Crippen LogP contribution in [-0.4, -0.2) is 45.4 Å². The first-order valence-corrected chi connectivity index (χ1v) is 12.7. The van der Waals surface area contributed by atoms with Crippen LogP contribution in [0.25, 0.3) is 0 Å². The molecule has 0 aromatic heterocycles. The lowest BCUT2D eigenvalue weighted by molar-refractivity contribution is -0.223. The van der Waals surface area contributed by atoms with Crippen molar-refractivity contribution in [2.24, 2.45) is 28.6 Å². The van der Waals surface area contributed by atoms with E-state index in [4.69, 9.17) is 4.74 Å². The number of ketones is 1. The molecule has 34 heavy (non-hydrogen) atoms. The molecule has 2 saturated carbocycles. The van der Waals surface area contributed by atoms with Crippen molar-refractivity contribution in [3.63, 3.8) is 0 Å². The van der Waals surface area contributed by atoms with E-state index in [1.54, 1.807) is 20.8 Å². The minimum absolute atomic E-state index is 0.0144. The second kappa shape index (κ2) is 8.22. The van der Waals surface area contributed by atoms with Crippen LogP contribution in [0.1, 0.15) is 59.8 Å². The topological polar surface area (TPSA) is 80.7 Å². The molecule has 0 bridgehead atoms. The van der Waals surface area contributed by atoms with Crippen LogP contribution in [-0.2, 0) is 19.1 Å². The summed E-state index contributed by atoms with van der Waals surface area (Å²) in [6.45, 7) is 6.46. The van der Waals surface area contributed by atoms with Crippen LogP contribution < -0.4 is 0 Å². The Balaban J connectivity index is 1.89. The number of hydrogen-bond acceptors (Lipinski definition) is 6. The Morgan fingerprint density at radius 2 is 1.97 bits per heavy atom. The molecule has 4 aliphatic rings. The van der Waals surface area contributed by atoms with Gasteiger partial charge in [0.15, 0.2) is 17.1 Å². The minimum Gasteiger partial charge on any atom is -0.449 e. The van der Waals surface area contributed by atoms with Crippen molar-refractivity contribution in [1.29, 1.82) is 0 Å². The molecular weight excluding hydrogens is 469 g/mol. The van der Waals surface area contributed by atoms with Gasteiger partial charge in [0.25, 0.3) is 0 Å². The zero-order chi connectivity index (χ0) is 25.3. The molecule has 0 saturated heterocycles. The summed E-state index contributed by atoms with van der Waals surface area (Å²) in [4.78, 5) is 37.8. The number of ether oxygens (including phenoxy) is 1. The SMILES string of the molecule is CCC(=O)OC1(C(=O)SCF)C(C)CC2C3CC(F)=C4CC(=O)C=CC4(C)C3(F)C(O)CC21C. The molecule has 0 amide bonds. The van der Waals surface area contributed by atoms with Gasteiger partial charge in [0.05, 0.1) is 6.10 Å². The number of aliphatic hydroxyl groups is 1. The van der Waals surface area contributed by atoms with Crippen LogP contribution in [0, 0.1) is 28.6 Å². The molecule has 0 aliphatic heterocycles. The van der Waals surface area contributed by atoms with E-state index in [0.717, 1.165) is 0 Å². The van der Waals surface area contributed by atoms with Gasteiger partial charge in [-0.25, -0.2) is 13.2 Å². The predicted molar refractivity (Wildman–Crippen MR) is 121 cm³/mol. The molecular formula is C25H31F3O5S. The van der Waals surface area contributed by atoms with Gasteiger partial charge in [0.1, 0.15) is 11.8 Å². The third kappa shape index (κ3) is 3.01. The van der Waals surface area contributed by atoms with E-state index in [0.29, 0.717) is 11.8 Å². The molecule has 8 unspecified atom stereocenters. The van der Waals surface area contributed by atoms with Crippen LogP contribution in [0.5, 0.6) is 0 Å². The van der Waals surface area contributed by atoms with Crippen molar-refractivity contribution >= 4 is 28.6 Å². The summed E-state index contributed by atoms with van der Waals surface area (Å²) in [6.07, 6.45) is 0.414. The van der Waals surface area contributed by atoms with Crippen LogP contribution in [0.3, 0.4) is 0 Å². The number of thioether (sulfide) groups is 1. The molecule has 8 atom stereocenters. The van der Waals surface area contributed by atoms with E-state index in [1.165, 1.54) is 19.1 Å². The van der Waals surface area contributed by atoms with Crippen LogP contribution in [0.2, 0.25) is 0 Å². The Labute approximate surface area is 201 Å². The lowest BCUT2D eigenvalue weighted by atomic mass is 9.45. The Bertz CT molecular complexity index is 997. The number of carbonyl (C=O) groups is 3. The first-order chi connectivity index (χ1) is 15.8. The Morgan fingerprint density at radius 1 is 1.29 bits per heavy atom. The first kappa shape index (κ1) is 25.5. The van der Waals surface area contributed by atoms with Crippen molar-refractivity contribution in [3.05, 3.63) is 23.6 Å². The zero-order valence-electron chi connectivity index (χ0n) is 19.8. The lowest BCUT2D eigenvalue weighted by Gasteiger charge is -2.62. The van der Waals surface area contributed by atoms with Gasteiger partial charge in [-0.15, -0.1) is 0 Å². The van der Waals surface area contributed by atoms with E-state index < -0.39 is 68.9 Å². The fraction of sp³-hybridized carbons (Fsp3) is 0.720. The fourth-order valence-corrected chi connectivity index (χ4v) is 8.39. The molecule has 1 N–H and O–H groups in total. The molecule has 9 heteroatoms. The van der Waals surface area contributed by atoms with Gasteiger partial charge in [0, 0.05) is 41.9 Å². The fourth-order valence-electron chi connectivity index (χ4n) is 7.60. The van der Waals surface area contributed by atoms with E-state index in [1.807, 2.05) is 0 Å². The zero-order valence-corrected chi connectivity index (χ0v) is 20.6. The monoisotopic (exact) mass is 500 g/mol. The van der Waals surface area contributed by atoms with Crippen LogP contribution in [0.15, 0.2) is 23.6 Å². The maximum absolute atomic E-state index is 17.2. The number of alkyl halides is 2. The van der Waals surface area contributed by atoms with Crippen LogP contribution in [0.4, 0.5) is 13.2 Å². The van der Waals surface area contributed by atoms with Crippen LogP contribution >= 0.6 is 11.8 Å².